The summed E-state index contributed by atoms with van der Waals surface area (Å²) >= 11 is 0. The molecule has 14 heavy (non-hydrogen) atoms. The minimum atomic E-state index is 0.132. The first kappa shape index (κ1) is 11.3. The van der Waals surface area contributed by atoms with E-state index in [2.05, 4.69) is 52.0 Å². The first-order chi connectivity index (χ1) is 6.47. The van der Waals surface area contributed by atoms with Gasteiger partial charge in [0.25, 0.3) is 0 Å². The maximum Gasteiger partial charge on any atom is 0.0346 e. The van der Waals surface area contributed by atoms with Crippen LogP contribution in [0.25, 0.3) is 0 Å². The Balaban J connectivity index is 2.89. The largest absolute Gasteiger partial charge is 0.324 e. The second-order valence-electron chi connectivity index (χ2n) is 4.73. The molecule has 0 heterocycles. The Morgan fingerprint density at radius 1 is 1.21 bits per heavy atom. The summed E-state index contributed by atoms with van der Waals surface area (Å²) < 4.78 is 0. The van der Waals surface area contributed by atoms with E-state index in [0.717, 1.165) is 6.42 Å². The molecule has 1 rings (SSSR count). The SMILES string of the molecule is CCC(C)(C)C(N)c1ccc(C)cc1. The van der Waals surface area contributed by atoms with Crippen LogP contribution in [-0.4, -0.2) is 0 Å². The van der Waals surface area contributed by atoms with E-state index in [1.54, 1.807) is 0 Å². The highest BCUT2D eigenvalue weighted by atomic mass is 14.7. The molecule has 0 saturated carbocycles. The van der Waals surface area contributed by atoms with Gasteiger partial charge in [-0.3, -0.25) is 0 Å². The molecule has 1 aromatic carbocycles. The topological polar surface area (TPSA) is 26.0 Å². The fourth-order valence-corrected chi connectivity index (χ4v) is 1.44. The minimum Gasteiger partial charge on any atom is -0.324 e. The Kier molecular flexibility index (Phi) is 3.33. The average molecular weight is 191 g/mol. The van der Waals surface area contributed by atoms with Gasteiger partial charge in [-0.15, -0.1) is 0 Å². The zero-order chi connectivity index (χ0) is 10.8. The molecule has 0 saturated heterocycles. The van der Waals surface area contributed by atoms with Crippen LogP contribution in [0.2, 0.25) is 0 Å². The van der Waals surface area contributed by atoms with Crippen LogP contribution in [0.3, 0.4) is 0 Å². The number of nitrogens with two attached hydrogens (primary N) is 1. The fraction of sp³-hybridized carbons (Fsp3) is 0.538. The molecule has 0 fully saturated rings. The number of aryl methyl sites for hydroxylation is 1. The molecule has 0 aliphatic carbocycles. The molecule has 0 spiro atoms. The Bertz CT molecular complexity index is 285. The molecule has 0 aliphatic rings. The van der Waals surface area contributed by atoms with E-state index < -0.39 is 0 Å². The molecule has 0 amide bonds. The normalized spacial score (nSPS) is 14.1. The van der Waals surface area contributed by atoms with E-state index in [9.17, 15) is 0 Å². The highest BCUT2D eigenvalue weighted by Crippen LogP contribution is 2.33. The predicted molar refractivity (Wildman–Crippen MR) is 62.2 cm³/mol. The molecule has 1 nitrogen and oxygen atoms in total. The second kappa shape index (κ2) is 4.14. The maximum atomic E-state index is 6.23. The van der Waals surface area contributed by atoms with Crippen molar-refractivity contribution in [3.05, 3.63) is 35.4 Å². The van der Waals surface area contributed by atoms with Gasteiger partial charge in [0, 0.05) is 6.04 Å². The lowest BCUT2D eigenvalue weighted by atomic mass is 9.79. The summed E-state index contributed by atoms with van der Waals surface area (Å²) in [6.07, 6.45) is 1.10. The third kappa shape index (κ3) is 2.36. The lowest BCUT2D eigenvalue weighted by molar-refractivity contribution is 0.278. The standard InChI is InChI=1S/C13H21N/c1-5-13(3,4)12(14)11-8-6-10(2)7-9-11/h6-9,12H,5,14H2,1-4H3. The van der Waals surface area contributed by atoms with Gasteiger partial charge >= 0.3 is 0 Å². The summed E-state index contributed by atoms with van der Waals surface area (Å²) in [6.45, 7) is 8.73. The van der Waals surface area contributed by atoms with E-state index in [-0.39, 0.29) is 11.5 Å². The summed E-state index contributed by atoms with van der Waals surface area (Å²) in [5, 5.41) is 0. The highest BCUT2D eigenvalue weighted by Gasteiger charge is 2.25. The number of hydrogen-bond donors (Lipinski definition) is 1. The van der Waals surface area contributed by atoms with Crippen LogP contribution in [0, 0.1) is 12.3 Å². The Morgan fingerprint density at radius 3 is 2.14 bits per heavy atom. The van der Waals surface area contributed by atoms with E-state index in [0.29, 0.717) is 0 Å². The Hall–Kier alpha value is -0.820. The van der Waals surface area contributed by atoms with Crippen LogP contribution in [0.1, 0.15) is 44.4 Å². The first-order valence-corrected chi connectivity index (χ1v) is 5.29. The number of hydrogen-bond acceptors (Lipinski definition) is 1. The highest BCUT2D eigenvalue weighted by molar-refractivity contribution is 5.25. The molecule has 0 radical (unpaired) electrons. The zero-order valence-corrected chi connectivity index (χ0v) is 9.67. The van der Waals surface area contributed by atoms with Crippen molar-refractivity contribution >= 4 is 0 Å². The molecule has 1 unspecified atom stereocenters. The van der Waals surface area contributed by atoms with E-state index in [1.807, 2.05) is 0 Å². The maximum absolute atomic E-state index is 6.23. The Morgan fingerprint density at radius 2 is 1.71 bits per heavy atom. The van der Waals surface area contributed by atoms with Gasteiger partial charge in [-0.25, -0.2) is 0 Å². The van der Waals surface area contributed by atoms with Crippen molar-refractivity contribution in [3.8, 4) is 0 Å². The summed E-state index contributed by atoms with van der Waals surface area (Å²) in [7, 11) is 0. The molecule has 0 bridgehead atoms. The van der Waals surface area contributed by atoms with Gasteiger partial charge in [0.1, 0.15) is 0 Å². The van der Waals surface area contributed by atoms with Gasteiger partial charge in [-0.05, 0) is 24.3 Å². The third-order valence-corrected chi connectivity index (χ3v) is 3.19. The fourth-order valence-electron chi connectivity index (χ4n) is 1.44. The molecule has 2 N–H and O–H groups in total. The third-order valence-electron chi connectivity index (χ3n) is 3.19. The van der Waals surface area contributed by atoms with Crippen LogP contribution in [0.5, 0.6) is 0 Å². The van der Waals surface area contributed by atoms with Gasteiger partial charge in [-0.2, -0.15) is 0 Å². The van der Waals surface area contributed by atoms with Gasteiger partial charge in [-0.1, -0.05) is 50.6 Å². The lowest BCUT2D eigenvalue weighted by Gasteiger charge is -2.30. The smallest absolute Gasteiger partial charge is 0.0346 e. The molecule has 0 aliphatic heterocycles. The van der Waals surface area contributed by atoms with Crippen molar-refractivity contribution in [2.75, 3.05) is 0 Å². The predicted octanol–water partition coefficient (Wildman–Crippen LogP) is 3.43. The Labute approximate surface area is 87.3 Å². The van der Waals surface area contributed by atoms with Gasteiger partial charge in [0.05, 0.1) is 0 Å². The first-order valence-electron chi connectivity index (χ1n) is 5.29. The van der Waals surface area contributed by atoms with E-state index in [4.69, 9.17) is 5.73 Å². The lowest BCUT2D eigenvalue weighted by Crippen LogP contribution is -2.28. The van der Waals surface area contributed by atoms with Crippen molar-refractivity contribution in [2.24, 2.45) is 11.1 Å². The second-order valence-corrected chi connectivity index (χ2v) is 4.73. The van der Waals surface area contributed by atoms with Gasteiger partial charge in [0.15, 0.2) is 0 Å². The van der Waals surface area contributed by atoms with E-state index in [1.165, 1.54) is 11.1 Å². The molecular formula is C13H21N. The molecular weight excluding hydrogens is 170 g/mol. The zero-order valence-electron chi connectivity index (χ0n) is 9.67. The summed E-state index contributed by atoms with van der Waals surface area (Å²) in [5.74, 6) is 0. The molecule has 0 aromatic heterocycles. The van der Waals surface area contributed by atoms with Crippen LogP contribution >= 0.6 is 0 Å². The molecule has 78 valence electrons. The molecule has 1 aromatic rings. The summed E-state index contributed by atoms with van der Waals surface area (Å²) in [6, 6.07) is 8.66. The summed E-state index contributed by atoms with van der Waals surface area (Å²) in [5.41, 5.74) is 8.93. The van der Waals surface area contributed by atoms with Crippen molar-refractivity contribution in [3.63, 3.8) is 0 Å². The van der Waals surface area contributed by atoms with E-state index >= 15 is 0 Å². The van der Waals surface area contributed by atoms with Crippen molar-refractivity contribution in [1.29, 1.82) is 0 Å². The van der Waals surface area contributed by atoms with Crippen LogP contribution in [0.4, 0.5) is 0 Å². The molecule has 1 heteroatoms. The monoisotopic (exact) mass is 191 g/mol. The summed E-state index contributed by atoms with van der Waals surface area (Å²) in [4.78, 5) is 0. The van der Waals surface area contributed by atoms with Crippen molar-refractivity contribution in [2.45, 2.75) is 40.2 Å². The average Bonchev–Trinajstić information content (AvgIpc) is 2.18. The van der Waals surface area contributed by atoms with Gasteiger partial charge in [0.2, 0.25) is 0 Å². The van der Waals surface area contributed by atoms with Crippen LogP contribution < -0.4 is 5.73 Å². The quantitative estimate of drug-likeness (QED) is 0.778. The number of rotatable bonds is 3. The minimum absolute atomic E-state index is 0.132. The van der Waals surface area contributed by atoms with Crippen LogP contribution in [0.15, 0.2) is 24.3 Å². The van der Waals surface area contributed by atoms with Crippen molar-refractivity contribution in [1.82, 2.24) is 0 Å². The van der Waals surface area contributed by atoms with Gasteiger partial charge < -0.3 is 5.73 Å². The molecule has 1 atom stereocenters. The number of benzene rings is 1. The van der Waals surface area contributed by atoms with Crippen LogP contribution in [-0.2, 0) is 0 Å². The van der Waals surface area contributed by atoms with Crippen molar-refractivity contribution < 1.29 is 0 Å².